The molecule has 2 aromatic carbocycles. The lowest BCUT2D eigenvalue weighted by Gasteiger charge is -2.05. The van der Waals surface area contributed by atoms with Crippen LogP contribution in [0.1, 0.15) is 21.7 Å². The summed E-state index contributed by atoms with van der Waals surface area (Å²) in [4.78, 5) is 23.5. The molecule has 1 heterocycles. The standard InChI is InChI=1S/C16H9O3/c17-10-14-12-5-2-1-4-11(12)7-8-13(14)16(18)15-6-3-9-19-15/h1-9H. The monoisotopic (exact) mass is 249 g/mol. The number of carbonyl (C=O) groups excluding carboxylic acids is 2. The molecule has 0 amide bonds. The molecule has 3 rings (SSSR count). The Morgan fingerprint density at radius 3 is 2.58 bits per heavy atom. The number of benzene rings is 2. The SMILES string of the molecule is O=[C]c1c(C(=O)c2ccco2)ccc2ccccc12. The zero-order chi connectivity index (χ0) is 13.2. The van der Waals surface area contributed by atoms with E-state index in [1.54, 1.807) is 24.3 Å². The van der Waals surface area contributed by atoms with Crippen molar-refractivity contribution in [2.45, 2.75) is 0 Å². The molecule has 0 aliphatic rings. The second-order valence-electron chi connectivity index (χ2n) is 4.12. The van der Waals surface area contributed by atoms with Crippen molar-refractivity contribution in [2.75, 3.05) is 0 Å². The molecule has 0 bridgehead atoms. The Balaban J connectivity index is 2.24. The fraction of sp³-hybridized carbons (Fsp3) is 0. The van der Waals surface area contributed by atoms with Gasteiger partial charge < -0.3 is 4.42 Å². The molecule has 3 aromatic rings. The third kappa shape index (κ3) is 1.85. The van der Waals surface area contributed by atoms with Crippen LogP contribution >= 0.6 is 0 Å². The van der Waals surface area contributed by atoms with Crippen LogP contribution in [0.4, 0.5) is 0 Å². The van der Waals surface area contributed by atoms with Crippen molar-refractivity contribution < 1.29 is 14.0 Å². The molecule has 0 aliphatic carbocycles. The van der Waals surface area contributed by atoms with Crippen molar-refractivity contribution in [1.82, 2.24) is 0 Å². The van der Waals surface area contributed by atoms with E-state index < -0.39 is 0 Å². The van der Waals surface area contributed by atoms with E-state index in [9.17, 15) is 9.59 Å². The first-order chi connectivity index (χ1) is 9.31. The molecule has 1 radical (unpaired) electrons. The Bertz CT molecular complexity index is 755. The number of carbonyl (C=O) groups is 1. The van der Waals surface area contributed by atoms with Crippen molar-refractivity contribution in [3.63, 3.8) is 0 Å². The van der Waals surface area contributed by atoms with Gasteiger partial charge in [-0.25, -0.2) is 0 Å². The minimum absolute atomic E-state index is 0.215. The van der Waals surface area contributed by atoms with Gasteiger partial charge in [-0.3, -0.25) is 9.59 Å². The van der Waals surface area contributed by atoms with Gasteiger partial charge in [0.15, 0.2) is 5.76 Å². The maximum atomic E-state index is 12.3. The van der Waals surface area contributed by atoms with Gasteiger partial charge in [0.25, 0.3) is 0 Å². The molecule has 0 saturated heterocycles. The number of fused-ring (bicyclic) bond motifs is 1. The number of ketones is 1. The van der Waals surface area contributed by atoms with Crippen LogP contribution in [-0.2, 0) is 4.79 Å². The van der Waals surface area contributed by atoms with Crippen LogP contribution in [0.15, 0.2) is 59.2 Å². The molecule has 0 fully saturated rings. The van der Waals surface area contributed by atoms with E-state index in [-0.39, 0.29) is 17.1 Å². The summed E-state index contributed by atoms with van der Waals surface area (Å²) in [5.74, 6) is -0.0964. The largest absolute Gasteiger partial charge is 0.461 e. The fourth-order valence-corrected chi connectivity index (χ4v) is 2.11. The Morgan fingerprint density at radius 1 is 1.00 bits per heavy atom. The Morgan fingerprint density at radius 2 is 1.84 bits per heavy atom. The van der Waals surface area contributed by atoms with Gasteiger partial charge in [0.2, 0.25) is 12.1 Å². The second kappa shape index (κ2) is 4.53. The zero-order valence-corrected chi connectivity index (χ0v) is 9.92. The third-order valence-electron chi connectivity index (χ3n) is 3.02. The third-order valence-corrected chi connectivity index (χ3v) is 3.02. The van der Waals surface area contributed by atoms with Crippen LogP contribution < -0.4 is 0 Å². The zero-order valence-electron chi connectivity index (χ0n) is 9.92. The normalized spacial score (nSPS) is 10.5. The number of rotatable bonds is 3. The van der Waals surface area contributed by atoms with Gasteiger partial charge in [-0.05, 0) is 29.0 Å². The molecule has 1 aromatic heterocycles. The minimum atomic E-state index is -0.311. The summed E-state index contributed by atoms with van der Waals surface area (Å²) >= 11 is 0. The van der Waals surface area contributed by atoms with E-state index in [1.165, 1.54) is 6.26 Å². The van der Waals surface area contributed by atoms with E-state index in [2.05, 4.69) is 0 Å². The Labute approximate surface area is 109 Å². The first-order valence-electron chi connectivity index (χ1n) is 5.79. The van der Waals surface area contributed by atoms with E-state index >= 15 is 0 Å². The van der Waals surface area contributed by atoms with E-state index in [1.807, 2.05) is 30.6 Å². The van der Waals surface area contributed by atoms with Crippen LogP contribution in [0.3, 0.4) is 0 Å². The van der Waals surface area contributed by atoms with Crippen molar-refractivity contribution in [3.8, 4) is 0 Å². The molecule has 0 spiro atoms. The average Bonchev–Trinajstić information content (AvgIpc) is 2.99. The molecule has 19 heavy (non-hydrogen) atoms. The van der Waals surface area contributed by atoms with Crippen molar-refractivity contribution in [3.05, 3.63) is 71.7 Å². The molecule has 0 N–H and O–H groups in total. The van der Waals surface area contributed by atoms with Crippen LogP contribution in [0.5, 0.6) is 0 Å². The summed E-state index contributed by atoms with van der Waals surface area (Å²) in [6.45, 7) is 0. The second-order valence-corrected chi connectivity index (χ2v) is 4.12. The molecule has 0 atom stereocenters. The first-order valence-corrected chi connectivity index (χ1v) is 5.79. The highest BCUT2D eigenvalue weighted by atomic mass is 16.3. The van der Waals surface area contributed by atoms with Gasteiger partial charge in [0.05, 0.1) is 6.26 Å². The number of furan rings is 1. The molecule has 0 saturated carbocycles. The van der Waals surface area contributed by atoms with Gasteiger partial charge in [-0.1, -0.05) is 30.3 Å². The summed E-state index contributed by atoms with van der Waals surface area (Å²) in [5, 5.41) is 1.62. The molecule has 91 valence electrons. The van der Waals surface area contributed by atoms with E-state index in [0.29, 0.717) is 5.56 Å². The Kier molecular flexibility index (Phi) is 2.72. The van der Waals surface area contributed by atoms with Gasteiger partial charge in [0.1, 0.15) is 0 Å². The predicted molar refractivity (Wildman–Crippen MR) is 70.9 cm³/mol. The number of hydrogen-bond acceptors (Lipinski definition) is 3. The van der Waals surface area contributed by atoms with Gasteiger partial charge in [-0.2, -0.15) is 0 Å². The summed E-state index contributed by atoms with van der Waals surface area (Å²) < 4.78 is 5.08. The lowest BCUT2D eigenvalue weighted by atomic mass is 9.96. The lowest BCUT2D eigenvalue weighted by molar-refractivity contribution is 0.101. The van der Waals surface area contributed by atoms with Crippen molar-refractivity contribution in [2.24, 2.45) is 0 Å². The topological polar surface area (TPSA) is 47.3 Å². The van der Waals surface area contributed by atoms with Gasteiger partial charge >= 0.3 is 0 Å². The molecular weight excluding hydrogens is 240 g/mol. The molecule has 3 nitrogen and oxygen atoms in total. The predicted octanol–water partition coefficient (Wildman–Crippen LogP) is 3.12. The van der Waals surface area contributed by atoms with E-state index in [4.69, 9.17) is 4.42 Å². The Hall–Kier alpha value is -2.68. The minimum Gasteiger partial charge on any atom is -0.461 e. The van der Waals surface area contributed by atoms with Crippen LogP contribution in [0.2, 0.25) is 0 Å². The molecular formula is C16H9O3. The molecule has 0 unspecified atom stereocenters. The highest BCUT2D eigenvalue weighted by molar-refractivity contribution is 6.15. The summed E-state index contributed by atoms with van der Waals surface area (Å²) in [5.41, 5.74) is 0.586. The quantitative estimate of drug-likeness (QED) is 0.670. The van der Waals surface area contributed by atoms with Gasteiger partial charge in [0, 0.05) is 11.1 Å². The smallest absolute Gasteiger partial charge is 0.234 e. The fourth-order valence-electron chi connectivity index (χ4n) is 2.11. The number of hydrogen-bond donors (Lipinski definition) is 0. The van der Waals surface area contributed by atoms with Gasteiger partial charge in [-0.15, -0.1) is 0 Å². The maximum Gasteiger partial charge on any atom is 0.234 e. The van der Waals surface area contributed by atoms with Crippen LogP contribution in [-0.4, -0.2) is 12.1 Å². The molecule has 3 heteroatoms. The van der Waals surface area contributed by atoms with E-state index in [0.717, 1.165) is 10.8 Å². The van der Waals surface area contributed by atoms with Crippen LogP contribution in [0, 0.1) is 0 Å². The summed E-state index contributed by atoms with van der Waals surface area (Å²) in [6.07, 6.45) is 3.30. The van der Waals surface area contributed by atoms with Crippen LogP contribution in [0.25, 0.3) is 10.8 Å². The van der Waals surface area contributed by atoms with Crippen molar-refractivity contribution >= 4 is 22.8 Å². The first kappa shape index (κ1) is 11.4. The summed E-state index contributed by atoms with van der Waals surface area (Å²) in [6, 6.07) is 14.0. The maximum absolute atomic E-state index is 12.3. The average molecular weight is 249 g/mol. The highest BCUT2D eigenvalue weighted by Crippen LogP contribution is 2.23. The lowest BCUT2D eigenvalue weighted by Crippen LogP contribution is -2.04. The summed E-state index contributed by atoms with van der Waals surface area (Å²) in [7, 11) is 0. The van der Waals surface area contributed by atoms with Crippen molar-refractivity contribution in [1.29, 1.82) is 0 Å². The molecule has 0 aliphatic heterocycles. The highest BCUT2D eigenvalue weighted by Gasteiger charge is 2.18.